The average Bonchev–Trinajstić information content (AvgIpc) is 3.56. The van der Waals surface area contributed by atoms with Gasteiger partial charge in [-0.25, -0.2) is 14.3 Å². The first-order valence-electron chi connectivity index (χ1n) is 10.0. The van der Waals surface area contributed by atoms with Crippen molar-refractivity contribution < 1.29 is 14.1 Å². The SMILES string of the molecule is Cc1cc(C)n2nc(SCc3ccccc3C(=O)OCc3noc(-c4cccs4)n3)nc2n1. The number of rotatable bonds is 7. The van der Waals surface area contributed by atoms with E-state index in [-0.39, 0.29) is 6.61 Å². The van der Waals surface area contributed by atoms with Crippen molar-refractivity contribution >= 4 is 34.8 Å². The van der Waals surface area contributed by atoms with Crippen LogP contribution in [0.4, 0.5) is 0 Å². The van der Waals surface area contributed by atoms with E-state index in [1.54, 1.807) is 16.6 Å². The van der Waals surface area contributed by atoms with Gasteiger partial charge in [0.25, 0.3) is 11.7 Å². The molecule has 0 amide bonds. The lowest BCUT2D eigenvalue weighted by molar-refractivity contribution is 0.0458. The van der Waals surface area contributed by atoms with E-state index in [9.17, 15) is 4.79 Å². The monoisotopic (exact) mass is 478 g/mol. The molecule has 0 N–H and O–H groups in total. The van der Waals surface area contributed by atoms with Gasteiger partial charge in [-0.05, 0) is 43.0 Å². The third kappa shape index (κ3) is 4.64. The molecule has 33 heavy (non-hydrogen) atoms. The highest BCUT2D eigenvalue weighted by Gasteiger charge is 2.17. The van der Waals surface area contributed by atoms with E-state index < -0.39 is 5.97 Å². The van der Waals surface area contributed by atoms with Gasteiger partial charge in [0.1, 0.15) is 0 Å². The van der Waals surface area contributed by atoms with E-state index in [4.69, 9.17) is 9.26 Å². The highest BCUT2D eigenvalue weighted by molar-refractivity contribution is 7.98. The van der Waals surface area contributed by atoms with Gasteiger partial charge in [-0.3, -0.25) is 0 Å². The predicted octanol–water partition coefficient (Wildman–Crippen LogP) is 4.50. The van der Waals surface area contributed by atoms with Crippen LogP contribution in [0.15, 0.2) is 57.5 Å². The molecular formula is C22H18N6O3S2. The number of carbonyl (C=O) groups excluding carboxylic acids is 1. The normalized spacial score (nSPS) is 11.2. The van der Waals surface area contributed by atoms with E-state index in [2.05, 4.69) is 25.2 Å². The number of fused-ring (bicyclic) bond motifs is 1. The van der Waals surface area contributed by atoms with Crippen LogP contribution in [0.3, 0.4) is 0 Å². The number of hydrogen-bond acceptors (Lipinski definition) is 10. The first-order valence-corrected chi connectivity index (χ1v) is 11.9. The number of aromatic nitrogens is 6. The number of thiophene rings is 1. The fraction of sp³-hybridized carbons (Fsp3) is 0.182. The van der Waals surface area contributed by atoms with Crippen molar-refractivity contribution in [3.8, 4) is 10.8 Å². The number of benzene rings is 1. The quantitative estimate of drug-likeness (QED) is 0.247. The molecule has 5 aromatic rings. The Morgan fingerprint density at radius 1 is 1.15 bits per heavy atom. The van der Waals surface area contributed by atoms with Crippen molar-refractivity contribution in [1.29, 1.82) is 0 Å². The van der Waals surface area contributed by atoms with E-state index in [0.29, 0.717) is 34.0 Å². The number of ether oxygens (including phenoxy) is 1. The van der Waals surface area contributed by atoms with Gasteiger partial charge in [0.15, 0.2) is 6.61 Å². The lowest BCUT2D eigenvalue weighted by Crippen LogP contribution is -2.08. The van der Waals surface area contributed by atoms with Crippen LogP contribution in [0.25, 0.3) is 16.5 Å². The van der Waals surface area contributed by atoms with Crippen LogP contribution in [0.5, 0.6) is 0 Å². The highest BCUT2D eigenvalue weighted by atomic mass is 32.2. The van der Waals surface area contributed by atoms with Gasteiger partial charge in [0.05, 0.1) is 10.4 Å². The number of hydrogen-bond donors (Lipinski definition) is 0. The zero-order valence-electron chi connectivity index (χ0n) is 17.8. The maximum absolute atomic E-state index is 12.7. The Hall–Kier alpha value is -3.57. The van der Waals surface area contributed by atoms with E-state index in [1.807, 2.05) is 49.6 Å². The Morgan fingerprint density at radius 3 is 2.88 bits per heavy atom. The predicted molar refractivity (Wildman–Crippen MR) is 123 cm³/mol. The van der Waals surface area contributed by atoms with Gasteiger partial charge in [0, 0.05) is 17.1 Å². The van der Waals surface area contributed by atoms with E-state index >= 15 is 0 Å². The molecule has 0 radical (unpaired) electrons. The van der Waals surface area contributed by atoms with Gasteiger partial charge >= 0.3 is 5.97 Å². The van der Waals surface area contributed by atoms with Crippen molar-refractivity contribution in [2.24, 2.45) is 0 Å². The molecule has 4 aromatic heterocycles. The lowest BCUT2D eigenvalue weighted by atomic mass is 10.1. The van der Waals surface area contributed by atoms with Crippen LogP contribution in [-0.4, -0.2) is 35.7 Å². The number of aryl methyl sites for hydroxylation is 2. The second kappa shape index (κ2) is 9.12. The Kier molecular flexibility index (Phi) is 5.88. The van der Waals surface area contributed by atoms with Gasteiger partial charge < -0.3 is 9.26 Å². The summed E-state index contributed by atoms with van der Waals surface area (Å²) in [6, 6.07) is 13.0. The molecule has 0 bridgehead atoms. The fourth-order valence-corrected chi connectivity index (χ4v) is 4.68. The van der Waals surface area contributed by atoms with Crippen LogP contribution in [-0.2, 0) is 17.1 Å². The molecule has 0 spiro atoms. The Bertz CT molecular complexity index is 1430. The van der Waals surface area contributed by atoms with Gasteiger partial charge in [-0.2, -0.15) is 9.97 Å². The summed E-state index contributed by atoms with van der Waals surface area (Å²) in [6.45, 7) is 3.81. The second-order valence-corrected chi connectivity index (χ2v) is 9.05. The summed E-state index contributed by atoms with van der Waals surface area (Å²) in [5, 5.41) is 10.9. The zero-order chi connectivity index (χ0) is 22.8. The average molecular weight is 479 g/mol. The number of thioether (sulfide) groups is 1. The lowest BCUT2D eigenvalue weighted by Gasteiger charge is -2.07. The molecule has 0 aliphatic carbocycles. The van der Waals surface area contributed by atoms with Crippen molar-refractivity contribution in [2.75, 3.05) is 0 Å². The van der Waals surface area contributed by atoms with Gasteiger partial charge in [-0.15, -0.1) is 16.4 Å². The standard InChI is InChI=1S/C22H18N6O3S2/c1-13-10-14(2)28-21(23-13)25-22(26-28)33-12-15-6-3-4-7-16(15)20(29)30-11-18-24-19(31-27-18)17-8-5-9-32-17/h3-10H,11-12H2,1-2H3. The molecule has 0 fully saturated rings. The maximum Gasteiger partial charge on any atom is 0.338 e. The van der Waals surface area contributed by atoms with Crippen LogP contribution >= 0.6 is 23.1 Å². The molecule has 0 atom stereocenters. The van der Waals surface area contributed by atoms with Gasteiger partial charge in [-0.1, -0.05) is 41.2 Å². The van der Waals surface area contributed by atoms with Crippen LogP contribution in [0.2, 0.25) is 0 Å². The van der Waals surface area contributed by atoms with Crippen LogP contribution in [0.1, 0.15) is 33.1 Å². The molecule has 4 heterocycles. The summed E-state index contributed by atoms with van der Waals surface area (Å²) in [6.07, 6.45) is 0. The molecule has 0 aliphatic rings. The number of carbonyl (C=O) groups is 1. The van der Waals surface area contributed by atoms with Crippen LogP contribution in [0, 0.1) is 13.8 Å². The summed E-state index contributed by atoms with van der Waals surface area (Å²) in [7, 11) is 0. The summed E-state index contributed by atoms with van der Waals surface area (Å²) in [4.78, 5) is 26.8. The molecule has 11 heteroatoms. The Balaban J connectivity index is 1.26. The van der Waals surface area contributed by atoms with Gasteiger partial charge in [0.2, 0.25) is 11.0 Å². The summed E-state index contributed by atoms with van der Waals surface area (Å²) in [5.74, 6) is 1.33. The summed E-state index contributed by atoms with van der Waals surface area (Å²) >= 11 is 2.93. The first kappa shape index (κ1) is 21.3. The first-order chi connectivity index (χ1) is 16.1. The molecule has 0 aliphatic heterocycles. The molecule has 0 saturated carbocycles. The number of esters is 1. The van der Waals surface area contributed by atoms with Crippen molar-refractivity contribution in [2.45, 2.75) is 31.4 Å². The Labute approximate surface area is 196 Å². The summed E-state index contributed by atoms with van der Waals surface area (Å²) < 4.78 is 12.4. The molecule has 1 aromatic carbocycles. The molecule has 166 valence electrons. The number of nitrogens with zero attached hydrogens (tertiary/aromatic N) is 6. The van der Waals surface area contributed by atoms with Crippen molar-refractivity contribution in [1.82, 2.24) is 29.7 Å². The summed E-state index contributed by atoms with van der Waals surface area (Å²) in [5.41, 5.74) is 3.14. The molecule has 0 unspecified atom stereocenters. The molecule has 9 nitrogen and oxygen atoms in total. The maximum atomic E-state index is 12.7. The van der Waals surface area contributed by atoms with E-state index in [1.165, 1.54) is 23.1 Å². The highest BCUT2D eigenvalue weighted by Crippen LogP contribution is 2.24. The van der Waals surface area contributed by atoms with Crippen LogP contribution < -0.4 is 0 Å². The minimum absolute atomic E-state index is 0.0759. The molecular weight excluding hydrogens is 460 g/mol. The van der Waals surface area contributed by atoms with Crippen molar-refractivity contribution in [3.05, 3.63) is 76.2 Å². The second-order valence-electron chi connectivity index (χ2n) is 7.16. The smallest absolute Gasteiger partial charge is 0.338 e. The zero-order valence-corrected chi connectivity index (χ0v) is 19.4. The topological polar surface area (TPSA) is 108 Å². The Morgan fingerprint density at radius 2 is 2.03 bits per heavy atom. The third-order valence-corrected chi connectivity index (χ3v) is 6.47. The minimum atomic E-state index is -0.454. The molecule has 5 rings (SSSR count). The fourth-order valence-electron chi connectivity index (χ4n) is 3.22. The van der Waals surface area contributed by atoms with E-state index in [0.717, 1.165) is 21.8 Å². The minimum Gasteiger partial charge on any atom is -0.454 e. The third-order valence-electron chi connectivity index (χ3n) is 4.73. The largest absolute Gasteiger partial charge is 0.454 e. The molecule has 0 saturated heterocycles. The van der Waals surface area contributed by atoms with Crippen molar-refractivity contribution in [3.63, 3.8) is 0 Å².